The molecule has 1 aromatic carbocycles. The summed E-state index contributed by atoms with van der Waals surface area (Å²) in [5.41, 5.74) is 8.14. The summed E-state index contributed by atoms with van der Waals surface area (Å²) in [5.74, 6) is -0.363. The fourth-order valence-electron chi connectivity index (χ4n) is 1.88. The highest BCUT2D eigenvalue weighted by molar-refractivity contribution is 6.30. The molecule has 0 fully saturated rings. The Labute approximate surface area is 93.7 Å². The average Bonchev–Trinajstić information content (AvgIpc) is 2.58. The van der Waals surface area contributed by atoms with Crippen LogP contribution in [0.25, 0.3) is 0 Å². The Morgan fingerprint density at radius 2 is 2.27 bits per heavy atom. The molecule has 3 heteroatoms. The van der Waals surface area contributed by atoms with Gasteiger partial charge in [-0.1, -0.05) is 29.3 Å². The summed E-state index contributed by atoms with van der Waals surface area (Å²) in [6.07, 6.45) is 4.98. The maximum absolute atomic E-state index is 12.9. The van der Waals surface area contributed by atoms with Crippen LogP contribution < -0.4 is 5.73 Å². The zero-order valence-electron chi connectivity index (χ0n) is 8.34. The summed E-state index contributed by atoms with van der Waals surface area (Å²) >= 11 is 5.71. The third kappa shape index (κ3) is 2.58. The van der Waals surface area contributed by atoms with Crippen molar-refractivity contribution in [3.63, 3.8) is 0 Å². The molecule has 0 bridgehead atoms. The Kier molecular flexibility index (Phi) is 3.08. The van der Waals surface area contributed by atoms with Crippen LogP contribution in [0.3, 0.4) is 0 Å². The van der Waals surface area contributed by atoms with E-state index in [9.17, 15) is 4.39 Å². The van der Waals surface area contributed by atoms with Gasteiger partial charge in [0.2, 0.25) is 0 Å². The van der Waals surface area contributed by atoms with E-state index in [1.165, 1.54) is 11.6 Å². The Balaban J connectivity index is 2.11. The number of hydrogen-bond donors (Lipinski definition) is 1. The van der Waals surface area contributed by atoms with Crippen molar-refractivity contribution in [3.8, 4) is 0 Å². The molecule has 0 amide bonds. The van der Waals surface area contributed by atoms with Crippen molar-refractivity contribution in [3.05, 3.63) is 46.3 Å². The van der Waals surface area contributed by atoms with Crippen LogP contribution in [0.5, 0.6) is 0 Å². The Morgan fingerprint density at radius 3 is 2.87 bits per heavy atom. The van der Waals surface area contributed by atoms with E-state index in [2.05, 4.69) is 6.08 Å². The standard InChI is InChI=1S/C12H13ClFN/c13-11-7-9(2-4-12(11)14)5-8-1-3-10(15)6-8/h2,4,6-7,10H,1,3,5,15H2. The summed E-state index contributed by atoms with van der Waals surface area (Å²) in [6.45, 7) is 0. The molecule has 0 saturated carbocycles. The number of benzene rings is 1. The van der Waals surface area contributed by atoms with Crippen molar-refractivity contribution in [2.45, 2.75) is 25.3 Å². The summed E-state index contributed by atoms with van der Waals surface area (Å²) < 4.78 is 12.9. The van der Waals surface area contributed by atoms with Gasteiger partial charge >= 0.3 is 0 Å². The molecule has 1 aromatic rings. The number of allylic oxidation sites excluding steroid dienone is 1. The lowest BCUT2D eigenvalue weighted by Crippen LogP contribution is -2.11. The lowest BCUT2D eigenvalue weighted by Gasteiger charge is -2.03. The Hall–Kier alpha value is -0.860. The summed E-state index contributed by atoms with van der Waals surface area (Å²) in [4.78, 5) is 0. The molecule has 2 rings (SSSR count). The van der Waals surface area contributed by atoms with Crippen molar-refractivity contribution in [1.29, 1.82) is 0 Å². The van der Waals surface area contributed by atoms with Gasteiger partial charge in [0, 0.05) is 6.04 Å². The minimum atomic E-state index is -0.363. The van der Waals surface area contributed by atoms with E-state index in [-0.39, 0.29) is 16.9 Å². The highest BCUT2D eigenvalue weighted by Crippen LogP contribution is 2.23. The number of halogens is 2. The number of hydrogen-bond acceptors (Lipinski definition) is 1. The maximum atomic E-state index is 12.9. The Bertz CT molecular complexity index is 401. The lowest BCUT2D eigenvalue weighted by molar-refractivity contribution is 0.627. The van der Waals surface area contributed by atoms with E-state index in [0.717, 1.165) is 24.8 Å². The van der Waals surface area contributed by atoms with Crippen LogP contribution in [0.15, 0.2) is 29.8 Å². The second kappa shape index (κ2) is 4.33. The van der Waals surface area contributed by atoms with Gasteiger partial charge in [0.1, 0.15) is 5.82 Å². The van der Waals surface area contributed by atoms with Gasteiger partial charge in [-0.15, -0.1) is 0 Å². The van der Waals surface area contributed by atoms with Gasteiger partial charge < -0.3 is 5.73 Å². The van der Waals surface area contributed by atoms with Crippen LogP contribution >= 0.6 is 11.6 Å². The van der Waals surface area contributed by atoms with Crippen molar-refractivity contribution in [2.24, 2.45) is 5.73 Å². The van der Waals surface area contributed by atoms with Crippen LogP contribution in [0, 0.1) is 5.82 Å². The maximum Gasteiger partial charge on any atom is 0.141 e. The highest BCUT2D eigenvalue weighted by atomic mass is 35.5. The second-order valence-corrected chi connectivity index (χ2v) is 4.36. The fourth-order valence-corrected chi connectivity index (χ4v) is 2.08. The normalized spacial score (nSPS) is 20.5. The minimum absolute atomic E-state index is 0.190. The first-order valence-corrected chi connectivity index (χ1v) is 5.42. The molecule has 0 aromatic heterocycles. The largest absolute Gasteiger partial charge is 0.324 e. The number of rotatable bonds is 2. The van der Waals surface area contributed by atoms with Crippen molar-refractivity contribution in [2.75, 3.05) is 0 Å². The van der Waals surface area contributed by atoms with E-state index in [1.54, 1.807) is 12.1 Å². The molecule has 80 valence electrons. The third-order valence-electron chi connectivity index (χ3n) is 2.66. The van der Waals surface area contributed by atoms with Crippen LogP contribution in [-0.2, 0) is 6.42 Å². The fraction of sp³-hybridized carbons (Fsp3) is 0.333. The van der Waals surface area contributed by atoms with Crippen LogP contribution in [0.2, 0.25) is 5.02 Å². The zero-order valence-corrected chi connectivity index (χ0v) is 9.10. The average molecular weight is 226 g/mol. The molecule has 1 aliphatic carbocycles. The molecule has 1 atom stereocenters. The minimum Gasteiger partial charge on any atom is -0.324 e. The number of nitrogens with two attached hydrogens (primary N) is 1. The predicted octanol–water partition coefficient (Wildman–Crippen LogP) is 3.07. The van der Waals surface area contributed by atoms with Gasteiger partial charge in [-0.25, -0.2) is 4.39 Å². The Morgan fingerprint density at radius 1 is 1.47 bits per heavy atom. The highest BCUT2D eigenvalue weighted by Gasteiger charge is 2.12. The first kappa shape index (κ1) is 10.7. The molecule has 0 aliphatic heterocycles. The van der Waals surface area contributed by atoms with Gasteiger partial charge in [-0.3, -0.25) is 0 Å². The van der Waals surface area contributed by atoms with E-state index in [4.69, 9.17) is 17.3 Å². The van der Waals surface area contributed by atoms with Gasteiger partial charge in [0.15, 0.2) is 0 Å². The molecular weight excluding hydrogens is 213 g/mol. The molecule has 0 spiro atoms. The molecule has 15 heavy (non-hydrogen) atoms. The van der Waals surface area contributed by atoms with Crippen molar-refractivity contribution in [1.82, 2.24) is 0 Å². The van der Waals surface area contributed by atoms with E-state index in [1.807, 2.05) is 0 Å². The van der Waals surface area contributed by atoms with E-state index in [0.29, 0.717) is 0 Å². The molecule has 0 saturated heterocycles. The first-order valence-electron chi connectivity index (χ1n) is 5.04. The van der Waals surface area contributed by atoms with Gasteiger partial charge in [-0.05, 0) is 37.0 Å². The van der Waals surface area contributed by atoms with Crippen LogP contribution in [0.1, 0.15) is 18.4 Å². The monoisotopic (exact) mass is 225 g/mol. The molecule has 1 nitrogen and oxygen atoms in total. The van der Waals surface area contributed by atoms with Crippen molar-refractivity contribution < 1.29 is 4.39 Å². The van der Waals surface area contributed by atoms with Gasteiger partial charge in [0.05, 0.1) is 5.02 Å². The van der Waals surface area contributed by atoms with Crippen LogP contribution in [0.4, 0.5) is 4.39 Å². The summed E-state index contributed by atoms with van der Waals surface area (Å²) in [5, 5.41) is 0.190. The van der Waals surface area contributed by atoms with E-state index >= 15 is 0 Å². The summed E-state index contributed by atoms with van der Waals surface area (Å²) in [7, 11) is 0. The topological polar surface area (TPSA) is 26.0 Å². The molecule has 1 unspecified atom stereocenters. The summed E-state index contributed by atoms with van der Waals surface area (Å²) in [6, 6.07) is 5.05. The van der Waals surface area contributed by atoms with Crippen molar-refractivity contribution >= 4 is 11.6 Å². The SMILES string of the molecule is NC1C=C(Cc2ccc(F)c(Cl)c2)CC1. The quantitative estimate of drug-likeness (QED) is 0.770. The first-order chi connectivity index (χ1) is 7.15. The molecule has 2 N–H and O–H groups in total. The molecule has 0 radical (unpaired) electrons. The van der Waals surface area contributed by atoms with Gasteiger partial charge in [-0.2, -0.15) is 0 Å². The van der Waals surface area contributed by atoms with Crippen LogP contribution in [-0.4, -0.2) is 6.04 Å². The molecule has 1 aliphatic rings. The third-order valence-corrected chi connectivity index (χ3v) is 2.95. The smallest absolute Gasteiger partial charge is 0.141 e. The lowest BCUT2D eigenvalue weighted by atomic mass is 10.1. The molecular formula is C12H13ClFN. The second-order valence-electron chi connectivity index (χ2n) is 3.95. The zero-order chi connectivity index (χ0) is 10.8. The molecule has 0 heterocycles. The predicted molar refractivity (Wildman–Crippen MR) is 60.4 cm³/mol. The van der Waals surface area contributed by atoms with Gasteiger partial charge in [0.25, 0.3) is 0 Å². The van der Waals surface area contributed by atoms with E-state index < -0.39 is 0 Å².